The molecule has 19 heavy (non-hydrogen) atoms. The van der Waals surface area contributed by atoms with Gasteiger partial charge in [-0.1, -0.05) is 34.1 Å². The van der Waals surface area contributed by atoms with Crippen molar-refractivity contribution in [2.45, 2.75) is 59.8 Å². The van der Waals surface area contributed by atoms with Gasteiger partial charge in [-0.2, -0.15) is 0 Å². The second-order valence-corrected chi connectivity index (χ2v) is 7.23. The van der Waals surface area contributed by atoms with Crippen molar-refractivity contribution in [3.05, 3.63) is 0 Å². The molecule has 0 saturated carbocycles. The zero-order valence-corrected chi connectivity index (χ0v) is 13.2. The fourth-order valence-electron chi connectivity index (χ4n) is 3.06. The van der Waals surface area contributed by atoms with Crippen molar-refractivity contribution in [3.63, 3.8) is 0 Å². The molecule has 3 nitrogen and oxygen atoms in total. The van der Waals surface area contributed by atoms with Crippen molar-refractivity contribution < 1.29 is 4.79 Å². The van der Waals surface area contributed by atoms with Gasteiger partial charge >= 0.3 is 0 Å². The van der Waals surface area contributed by atoms with E-state index in [2.05, 4.69) is 32.6 Å². The van der Waals surface area contributed by atoms with Crippen LogP contribution in [0.15, 0.2) is 0 Å². The second-order valence-electron chi connectivity index (χ2n) is 7.23. The summed E-state index contributed by atoms with van der Waals surface area (Å²) in [5, 5.41) is 0. The summed E-state index contributed by atoms with van der Waals surface area (Å²) in [6, 6.07) is 0. The Morgan fingerprint density at radius 2 is 2.00 bits per heavy atom. The van der Waals surface area contributed by atoms with Gasteiger partial charge in [0.15, 0.2) is 0 Å². The fourth-order valence-corrected chi connectivity index (χ4v) is 3.06. The number of amides is 1. The average molecular weight is 268 g/mol. The van der Waals surface area contributed by atoms with Crippen LogP contribution >= 0.6 is 0 Å². The third-order valence-electron chi connectivity index (χ3n) is 4.23. The van der Waals surface area contributed by atoms with Gasteiger partial charge in [0.05, 0.1) is 5.92 Å². The Labute approximate surface area is 118 Å². The Morgan fingerprint density at radius 1 is 1.32 bits per heavy atom. The average Bonchev–Trinajstić information content (AvgIpc) is 2.59. The first-order chi connectivity index (χ1) is 8.87. The molecule has 2 unspecified atom stereocenters. The molecule has 0 aromatic carbocycles. The Balaban J connectivity index is 2.59. The minimum absolute atomic E-state index is 0.00169. The van der Waals surface area contributed by atoms with Gasteiger partial charge in [0.1, 0.15) is 0 Å². The molecule has 1 aliphatic rings. The lowest BCUT2D eigenvalue weighted by Gasteiger charge is -2.29. The standard InChI is InChI=1S/C16H32N2O/c1-5-13-7-6-9-18(10-8-13)15(19)14(12-17)11-16(2,3)4/h13-14H,5-12,17H2,1-4H3. The Bertz CT molecular complexity index is 283. The number of carbonyl (C=O) groups excluding carboxylic acids is 1. The van der Waals surface area contributed by atoms with Gasteiger partial charge in [-0.05, 0) is 37.0 Å². The second kappa shape index (κ2) is 7.28. The monoisotopic (exact) mass is 268 g/mol. The summed E-state index contributed by atoms with van der Waals surface area (Å²) in [6.07, 6.45) is 5.71. The first-order valence-corrected chi connectivity index (χ1v) is 7.86. The van der Waals surface area contributed by atoms with E-state index in [1.807, 2.05) is 0 Å². The molecule has 0 spiro atoms. The van der Waals surface area contributed by atoms with Crippen LogP contribution in [-0.2, 0) is 4.79 Å². The van der Waals surface area contributed by atoms with Crippen LogP contribution in [0.25, 0.3) is 0 Å². The van der Waals surface area contributed by atoms with E-state index in [1.165, 1.54) is 12.8 Å². The number of nitrogens with two attached hydrogens (primary N) is 1. The van der Waals surface area contributed by atoms with Gasteiger partial charge in [0, 0.05) is 19.6 Å². The number of likely N-dealkylation sites (tertiary alicyclic amines) is 1. The maximum atomic E-state index is 12.6. The van der Waals surface area contributed by atoms with Crippen LogP contribution in [0.2, 0.25) is 0 Å². The fraction of sp³-hybridized carbons (Fsp3) is 0.938. The molecule has 1 heterocycles. The maximum Gasteiger partial charge on any atom is 0.226 e. The van der Waals surface area contributed by atoms with Gasteiger partial charge in [-0.25, -0.2) is 0 Å². The predicted molar refractivity (Wildman–Crippen MR) is 80.8 cm³/mol. The number of hydrogen-bond donors (Lipinski definition) is 1. The lowest BCUT2D eigenvalue weighted by molar-refractivity contribution is -0.136. The highest BCUT2D eigenvalue weighted by molar-refractivity contribution is 5.79. The van der Waals surface area contributed by atoms with Gasteiger partial charge in [0.2, 0.25) is 5.91 Å². The quantitative estimate of drug-likeness (QED) is 0.852. The molecule has 0 aromatic heterocycles. The Kier molecular flexibility index (Phi) is 6.31. The first kappa shape index (κ1) is 16.5. The molecule has 1 saturated heterocycles. The molecule has 112 valence electrons. The highest BCUT2D eigenvalue weighted by Gasteiger charge is 2.28. The van der Waals surface area contributed by atoms with E-state index < -0.39 is 0 Å². The van der Waals surface area contributed by atoms with Gasteiger partial charge < -0.3 is 10.6 Å². The molecule has 0 bridgehead atoms. The van der Waals surface area contributed by atoms with Crippen molar-refractivity contribution in [3.8, 4) is 0 Å². The molecule has 1 rings (SSSR count). The number of nitrogens with zero attached hydrogens (tertiary/aromatic N) is 1. The van der Waals surface area contributed by atoms with Crippen LogP contribution in [0.3, 0.4) is 0 Å². The van der Waals surface area contributed by atoms with Crippen LogP contribution in [0.1, 0.15) is 59.8 Å². The summed E-state index contributed by atoms with van der Waals surface area (Å²) in [5.74, 6) is 1.09. The van der Waals surface area contributed by atoms with Crippen LogP contribution in [0.4, 0.5) is 0 Å². The first-order valence-electron chi connectivity index (χ1n) is 7.86. The molecule has 2 N–H and O–H groups in total. The lowest BCUT2D eigenvalue weighted by Crippen LogP contribution is -2.41. The summed E-state index contributed by atoms with van der Waals surface area (Å²) in [5.41, 5.74) is 6.00. The van der Waals surface area contributed by atoms with Crippen molar-refractivity contribution in [2.24, 2.45) is 23.0 Å². The normalized spacial score (nSPS) is 23.0. The Hall–Kier alpha value is -0.570. The summed E-state index contributed by atoms with van der Waals surface area (Å²) < 4.78 is 0. The van der Waals surface area contributed by atoms with E-state index in [1.54, 1.807) is 0 Å². The summed E-state index contributed by atoms with van der Waals surface area (Å²) in [6.45, 7) is 11.1. The number of rotatable bonds is 4. The zero-order chi connectivity index (χ0) is 14.5. The molecule has 0 aromatic rings. The molecule has 1 fully saturated rings. The topological polar surface area (TPSA) is 46.3 Å². The smallest absolute Gasteiger partial charge is 0.226 e. The van der Waals surface area contributed by atoms with Crippen molar-refractivity contribution in [2.75, 3.05) is 19.6 Å². The number of carbonyl (C=O) groups is 1. The van der Waals surface area contributed by atoms with Crippen LogP contribution in [0, 0.1) is 17.3 Å². The van der Waals surface area contributed by atoms with Gasteiger partial charge in [-0.15, -0.1) is 0 Å². The zero-order valence-electron chi connectivity index (χ0n) is 13.2. The minimum Gasteiger partial charge on any atom is -0.342 e. The van der Waals surface area contributed by atoms with Crippen molar-refractivity contribution >= 4 is 5.91 Å². The van der Waals surface area contributed by atoms with Crippen molar-refractivity contribution in [1.29, 1.82) is 0 Å². The Morgan fingerprint density at radius 3 is 2.53 bits per heavy atom. The molecule has 1 aliphatic heterocycles. The van der Waals surface area contributed by atoms with E-state index in [4.69, 9.17) is 5.73 Å². The molecular weight excluding hydrogens is 236 g/mol. The summed E-state index contributed by atoms with van der Waals surface area (Å²) >= 11 is 0. The van der Waals surface area contributed by atoms with Crippen LogP contribution in [-0.4, -0.2) is 30.4 Å². The summed E-state index contributed by atoms with van der Waals surface area (Å²) in [4.78, 5) is 14.7. The van der Waals surface area contributed by atoms with Gasteiger partial charge in [0.25, 0.3) is 0 Å². The third kappa shape index (κ3) is 5.52. The lowest BCUT2D eigenvalue weighted by atomic mass is 9.84. The maximum absolute atomic E-state index is 12.6. The highest BCUT2D eigenvalue weighted by atomic mass is 16.2. The van der Waals surface area contributed by atoms with E-state index >= 15 is 0 Å². The number of hydrogen-bond acceptors (Lipinski definition) is 2. The largest absolute Gasteiger partial charge is 0.342 e. The summed E-state index contributed by atoms with van der Waals surface area (Å²) in [7, 11) is 0. The predicted octanol–water partition coefficient (Wildman–Crippen LogP) is 3.04. The van der Waals surface area contributed by atoms with Crippen LogP contribution < -0.4 is 5.73 Å². The van der Waals surface area contributed by atoms with E-state index in [-0.39, 0.29) is 17.2 Å². The molecule has 2 atom stereocenters. The van der Waals surface area contributed by atoms with Crippen LogP contribution in [0.5, 0.6) is 0 Å². The van der Waals surface area contributed by atoms with E-state index in [0.29, 0.717) is 6.54 Å². The molecular formula is C16H32N2O. The molecule has 3 heteroatoms. The van der Waals surface area contributed by atoms with Crippen molar-refractivity contribution in [1.82, 2.24) is 4.90 Å². The highest BCUT2D eigenvalue weighted by Crippen LogP contribution is 2.27. The third-order valence-corrected chi connectivity index (χ3v) is 4.23. The van der Waals surface area contributed by atoms with E-state index in [0.717, 1.165) is 38.3 Å². The SMILES string of the molecule is CCC1CCCN(C(=O)C(CN)CC(C)(C)C)CC1. The van der Waals surface area contributed by atoms with E-state index in [9.17, 15) is 4.79 Å². The molecule has 1 amide bonds. The molecule has 0 radical (unpaired) electrons. The van der Waals surface area contributed by atoms with Gasteiger partial charge in [-0.3, -0.25) is 4.79 Å². The minimum atomic E-state index is -0.00169. The molecule has 0 aliphatic carbocycles.